The van der Waals surface area contributed by atoms with Crippen molar-refractivity contribution in [1.82, 2.24) is 10.6 Å². The van der Waals surface area contributed by atoms with E-state index in [9.17, 15) is 4.79 Å². The Morgan fingerprint density at radius 3 is 2.56 bits per heavy atom. The second-order valence-electron chi connectivity index (χ2n) is 4.50. The number of nitrogens with one attached hydrogen (secondary N) is 2. The van der Waals surface area contributed by atoms with E-state index in [0.717, 1.165) is 25.4 Å². The molecule has 0 aromatic rings. The fourth-order valence-electron chi connectivity index (χ4n) is 2.27. The van der Waals surface area contributed by atoms with Crippen LogP contribution >= 0.6 is 12.4 Å². The summed E-state index contributed by atoms with van der Waals surface area (Å²) in [6.07, 6.45) is 8.61. The molecule has 96 valence electrons. The number of hydrogen-bond donors (Lipinski definition) is 2. The zero-order valence-electron chi connectivity index (χ0n) is 10.3. The summed E-state index contributed by atoms with van der Waals surface area (Å²) >= 11 is 0. The summed E-state index contributed by atoms with van der Waals surface area (Å²) in [6.45, 7) is 1.60. The van der Waals surface area contributed by atoms with Crippen LogP contribution in [0.2, 0.25) is 0 Å². The van der Waals surface area contributed by atoms with Crippen molar-refractivity contribution < 1.29 is 4.79 Å². The van der Waals surface area contributed by atoms with Crippen LogP contribution in [0, 0.1) is 5.92 Å². The van der Waals surface area contributed by atoms with Gasteiger partial charge < -0.3 is 10.6 Å². The number of hydrogen-bond acceptors (Lipinski definition) is 2. The van der Waals surface area contributed by atoms with E-state index in [1.54, 1.807) is 0 Å². The Bertz CT molecular complexity index is 182. The third kappa shape index (κ3) is 7.07. The molecule has 0 aliphatic heterocycles. The van der Waals surface area contributed by atoms with E-state index in [1.807, 2.05) is 7.05 Å². The molecule has 1 rings (SSSR count). The van der Waals surface area contributed by atoms with Crippen LogP contribution in [0.1, 0.15) is 44.9 Å². The molecule has 0 radical (unpaired) electrons. The second-order valence-corrected chi connectivity index (χ2v) is 4.50. The normalized spacial score (nSPS) is 15.8. The van der Waals surface area contributed by atoms with E-state index < -0.39 is 0 Å². The summed E-state index contributed by atoms with van der Waals surface area (Å²) in [5, 5.41) is 5.92. The highest BCUT2D eigenvalue weighted by molar-refractivity contribution is 5.85. The van der Waals surface area contributed by atoms with E-state index in [-0.39, 0.29) is 18.3 Å². The predicted octanol–water partition coefficient (Wildman–Crippen LogP) is 2.10. The van der Waals surface area contributed by atoms with E-state index >= 15 is 0 Å². The summed E-state index contributed by atoms with van der Waals surface area (Å²) in [6, 6.07) is 0. The van der Waals surface area contributed by atoms with Crippen LogP contribution in [0.4, 0.5) is 0 Å². The average molecular weight is 249 g/mol. The minimum absolute atomic E-state index is 0. The van der Waals surface area contributed by atoms with Crippen molar-refractivity contribution in [2.75, 3.05) is 20.1 Å². The van der Waals surface area contributed by atoms with Crippen molar-refractivity contribution in [2.45, 2.75) is 44.9 Å². The van der Waals surface area contributed by atoms with Gasteiger partial charge in [0.1, 0.15) is 0 Å². The highest BCUT2D eigenvalue weighted by Crippen LogP contribution is 2.28. The Labute approximate surface area is 105 Å². The molecular formula is C12H25ClN2O. The standard InChI is InChI=1S/C12H24N2O.ClH/c1-13-9-10-14-12(15)8-4-7-11-5-2-3-6-11;/h11,13H,2-10H2,1H3,(H,14,15);1H. The zero-order valence-corrected chi connectivity index (χ0v) is 11.1. The third-order valence-electron chi connectivity index (χ3n) is 3.19. The fraction of sp³-hybridized carbons (Fsp3) is 0.917. The second kappa shape index (κ2) is 9.91. The maximum atomic E-state index is 11.4. The first kappa shape index (κ1) is 15.7. The van der Waals surface area contributed by atoms with E-state index in [2.05, 4.69) is 10.6 Å². The molecule has 1 fully saturated rings. The van der Waals surface area contributed by atoms with Gasteiger partial charge in [-0.1, -0.05) is 25.7 Å². The fourth-order valence-corrected chi connectivity index (χ4v) is 2.27. The van der Waals surface area contributed by atoms with Gasteiger partial charge in [0.2, 0.25) is 5.91 Å². The zero-order chi connectivity index (χ0) is 10.9. The molecule has 1 saturated carbocycles. The van der Waals surface area contributed by atoms with E-state index in [4.69, 9.17) is 0 Å². The van der Waals surface area contributed by atoms with Crippen LogP contribution in [-0.2, 0) is 4.79 Å². The van der Waals surface area contributed by atoms with Gasteiger partial charge in [0, 0.05) is 19.5 Å². The molecule has 0 spiro atoms. The molecule has 4 heteroatoms. The summed E-state index contributed by atoms with van der Waals surface area (Å²) in [5.74, 6) is 1.12. The Morgan fingerprint density at radius 2 is 1.94 bits per heavy atom. The highest BCUT2D eigenvalue weighted by atomic mass is 35.5. The first-order chi connectivity index (χ1) is 7.33. The Kier molecular flexibility index (Phi) is 9.74. The van der Waals surface area contributed by atoms with Gasteiger partial charge in [-0.05, 0) is 25.8 Å². The topological polar surface area (TPSA) is 41.1 Å². The number of carbonyl (C=O) groups excluding carboxylic acids is 1. The molecule has 0 saturated heterocycles. The number of amides is 1. The van der Waals surface area contributed by atoms with E-state index in [0.29, 0.717) is 6.42 Å². The summed E-state index contributed by atoms with van der Waals surface area (Å²) in [5.41, 5.74) is 0. The molecule has 0 bridgehead atoms. The lowest BCUT2D eigenvalue weighted by Crippen LogP contribution is -2.30. The maximum absolute atomic E-state index is 11.4. The molecule has 0 aromatic heterocycles. The number of rotatable bonds is 7. The van der Waals surface area contributed by atoms with Crippen LogP contribution in [0.5, 0.6) is 0 Å². The molecule has 3 nitrogen and oxygen atoms in total. The summed E-state index contributed by atoms with van der Waals surface area (Å²) in [7, 11) is 1.90. The first-order valence-electron chi connectivity index (χ1n) is 6.24. The maximum Gasteiger partial charge on any atom is 0.220 e. The molecule has 1 aliphatic carbocycles. The number of likely N-dealkylation sites (N-methyl/N-ethyl adjacent to an activating group) is 1. The monoisotopic (exact) mass is 248 g/mol. The van der Waals surface area contributed by atoms with Gasteiger partial charge in [-0.25, -0.2) is 0 Å². The average Bonchev–Trinajstić information content (AvgIpc) is 2.71. The molecule has 0 atom stereocenters. The number of halogens is 1. The molecule has 0 unspecified atom stereocenters. The lowest BCUT2D eigenvalue weighted by molar-refractivity contribution is -0.121. The van der Waals surface area contributed by atoms with Crippen molar-refractivity contribution >= 4 is 18.3 Å². The molecule has 1 aliphatic rings. The van der Waals surface area contributed by atoms with Gasteiger partial charge in [0.25, 0.3) is 0 Å². The highest BCUT2D eigenvalue weighted by Gasteiger charge is 2.14. The third-order valence-corrected chi connectivity index (χ3v) is 3.19. The van der Waals surface area contributed by atoms with Crippen LogP contribution < -0.4 is 10.6 Å². The molecule has 2 N–H and O–H groups in total. The van der Waals surface area contributed by atoms with Gasteiger partial charge in [0.15, 0.2) is 0 Å². The van der Waals surface area contributed by atoms with Gasteiger partial charge in [-0.2, -0.15) is 0 Å². The minimum atomic E-state index is 0. The molecule has 16 heavy (non-hydrogen) atoms. The van der Waals surface area contributed by atoms with Crippen molar-refractivity contribution in [3.63, 3.8) is 0 Å². The Morgan fingerprint density at radius 1 is 1.25 bits per heavy atom. The molecule has 1 amide bonds. The van der Waals surface area contributed by atoms with Crippen LogP contribution in [0.25, 0.3) is 0 Å². The smallest absolute Gasteiger partial charge is 0.220 e. The van der Waals surface area contributed by atoms with Gasteiger partial charge in [-0.15, -0.1) is 12.4 Å². The SMILES string of the molecule is CNCCNC(=O)CCCC1CCCC1.Cl. The van der Waals surface area contributed by atoms with Gasteiger partial charge >= 0.3 is 0 Å². The number of carbonyl (C=O) groups is 1. The summed E-state index contributed by atoms with van der Waals surface area (Å²) in [4.78, 5) is 11.4. The predicted molar refractivity (Wildman–Crippen MR) is 70.0 cm³/mol. The molecule has 0 aromatic carbocycles. The molecule has 0 heterocycles. The van der Waals surface area contributed by atoms with Gasteiger partial charge in [0.05, 0.1) is 0 Å². The van der Waals surface area contributed by atoms with Crippen molar-refractivity contribution in [3.05, 3.63) is 0 Å². The Hall–Kier alpha value is -0.280. The minimum Gasteiger partial charge on any atom is -0.355 e. The largest absolute Gasteiger partial charge is 0.355 e. The van der Waals surface area contributed by atoms with Crippen LogP contribution in [0.3, 0.4) is 0 Å². The van der Waals surface area contributed by atoms with Crippen LogP contribution in [0.15, 0.2) is 0 Å². The lowest BCUT2D eigenvalue weighted by atomic mass is 10.0. The van der Waals surface area contributed by atoms with Crippen molar-refractivity contribution in [2.24, 2.45) is 5.92 Å². The van der Waals surface area contributed by atoms with Crippen LogP contribution in [-0.4, -0.2) is 26.0 Å². The van der Waals surface area contributed by atoms with E-state index in [1.165, 1.54) is 32.1 Å². The summed E-state index contributed by atoms with van der Waals surface area (Å²) < 4.78 is 0. The quantitative estimate of drug-likeness (QED) is 0.678. The lowest BCUT2D eigenvalue weighted by Gasteiger charge is -2.08. The first-order valence-corrected chi connectivity index (χ1v) is 6.24. The van der Waals surface area contributed by atoms with Crippen molar-refractivity contribution in [3.8, 4) is 0 Å². The Balaban J connectivity index is 0.00000225. The van der Waals surface area contributed by atoms with Gasteiger partial charge in [-0.3, -0.25) is 4.79 Å². The molecular weight excluding hydrogens is 224 g/mol. The van der Waals surface area contributed by atoms with Crippen molar-refractivity contribution in [1.29, 1.82) is 0 Å².